The van der Waals surface area contributed by atoms with E-state index in [2.05, 4.69) is 5.32 Å². The van der Waals surface area contributed by atoms with E-state index in [0.29, 0.717) is 6.61 Å². The number of benzene rings is 1. The highest BCUT2D eigenvalue weighted by atomic mass is 19.1. The normalized spacial score (nSPS) is 25.2. The summed E-state index contributed by atoms with van der Waals surface area (Å²) in [7, 11) is 0. The molecule has 1 aliphatic heterocycles. The Hall–Kier alpha value is -1.42. The Bertz CT molecular complexity index is 355. The van der Waals surface area contributed by atoms with Gasteiger partial charge in [0.05, 0.1) is 6.61 Å². The predicted octanol–water partition coefficient (Wildman–Crippen LogP) is 1.43. The molecule has 1 N–H and O–H groups in total. The Morgan fingerprint density at radius 2 is 2.12 bits per heavy atom. The first kappa shape index (κ1) is 11.1. The van der Waals surface area contributed by atoms with Gasteiger partial charge in [0, 0.05) is 13.0 Å². The van der Waals surface area contributed by atoms with Gasteiger partial charge in [-0.05, 0) is 5.56 Å². The molecule has 0 radical (unpaired) electrons. The number of rotatable bonds is 3. The van der Waals surface area contributed by atoms with Gasteiger partial charge >= 0.3 is 0 Å². The molecule has 4 heteroatoms. The van der Waals surface area contributed by atoms with Crippen molar-refractivity contribution in [2.75, 3.05) is 6.54 Å². The van der Waals surface area contributed by atoms with Crippen LogP contribution in [0.2, 0.25) is 0 Å². The first-order valence-electron chi connectivity index (χ1n) is 5.33. The fraction of sp³-hybridized carbons (Fsp3) is 0.417. The summed E-state index contributed by atoms with van der Waals surface area (Å²) < 4.78 is 18.4. The van der Waals surface area contributed by atoms with Gasteiger partial charge in [-0.1, -0.05) is 30.3 Å². The second kappa shape index (κ2) is 5.07. The molecule has 0 aromatic heterocycles. The van der Waals surface area contributed by atoms with Crippen molar-refractivity contribution in [2.45, 2.75) is 25.3 Å². The van der Waals surface area contributed by atoms with Gasteiger partial charge in [-0.2, -0.15) is 0 Å². The molecule has 0 bridgehead atoms. The zero-order valence-electron chi connectivity index (χ0n) is 8.86. The molecule has 1 aromatic rings. The van der Waals surface area contributed by atoms with Crippen LogP contribution in [0.5, 0.6) is 0 Å². The van der Waals surface area contributed by atoms with Crippen LogP contribution in [0, 0.1) is 0 Å². The van der Waals surface area contributed by atoms with Crippen LogP contribution in [-0.4, -0.2) is 24.7 Å². The average Bonchev–Trinajstić information content (AvgIpc) is 2.32. The van der Waals surface area contributed by atoms with Gasteiger partial charge < -0.3 is 10.1 Å². The van der Waals surface area contributed by atoms with Gasteiger partial charge in [-0.15, -0.1) is 0 Å². The second-order valence-electron chi connectivity index (χ2n) is 3.86. The summed E-state index contributed by atoms with van der Waals surface area (Å²) in [6, 6.07) is 9.53. The summed E-state index contributed by atoms with van der Waals surface area (Å²) in [5.41, 5.74) is 0.983. The van der Waals surface area contributed by atoms with Crippen LogP contribution in [-0.2, 0) is 16.1 Å². The fourth-order valence-electron chi connectivity index (χ4n) is 1.66. The molecule has 0 saturated carbocycles. The smallest absolute Gasteiger partial charge is 0.249 e. The maximum Gasteiger partial charge on any atom is 0.249 e. The third kappa shape index (κ3) is 2.79. The van der Waals surface area contributed by atoms with E-state index in [1.165, 1.54) is 0 Å². The van der Waals surface area contributed by atoms with E-state index >= 15 is 0 Å². The lowest BCUT2D eigenvalue weighted by atomic mass is 10.1. The highest BCUT2D eigenvalue weighted by Gasteiger charge is 2.28. The standard InChI is InChI=1S/C12H14FNO2/c13-10-6-11(12(15)14-7-10)16-8-9-4-2-1-3-5-9/h1-5,10-11H,6-8H2,(H,14,15)/t10-,11+/m1/s1. The predicted molar refractivity (Wildman–Crippen MR) is 57.5 cm³/mol. The lowest BCUT2D eigenvalue weighted by molar-refractivity contribution is -0.138. The maximum atomic E-state index is 13.0. The monoisotopic (exact) mass is 223 g/mol. The number of carbonyl (C=O) groups excluding carboxylic acids is 1. The molecule has 1 fully saturated rings. The fourth-order valence-corrected chi connectivity index (χ4v) is 1.66. The molecule has 1 aliphatic rings. The number of amides is 1. The molecule has 0 unspecified atom stereocenters. The molecule has 0 spiro atoms. The Morgan fingerprint density at radius 1 is 1.38 bits per heavy atom. The molecule has 3 nitrogen and oxygen atoms in total. The van der Waals surface area contributed by atoms with Gasteiger partial charge in [0.2, 0.25) is 5.91 Å². The van der Waals surface area contributed by atoms with E-state index < -0.39 is 12.3 Å². The molecule has 1 saturated heterocycles. The first-order chi connectivity index (χ1) is 7.75. The quantitative estimate of drug-likeness (QED) is 0.841. The van der Waals surface area contributed by atoms with E-state index in [0.717, 1.165) is 5.56 Å². The number of carbonyl (C=O) groups is 1. The summed E-state index contributed by atoms with van der Waals surface area (Å²) >= 11 is 0. The number of ether oxygens (including phenoxy) is 1. The third-order valence-corrected chi connectivity index (χ3v) is 2.55. The average molecular weight is 223 g/mol. The van der Waals surface area contributed by atoms with Crippen molar-refractivity contribution < 1.29 is 13.9 Å². The summed E-state index contributed by atoms with van der Waals surface area (Å²) in [6.07, 6.45) is -1.51. The molecule has 1 aromatic carbocycles. The number of piperidine rings is 1. The highest BCUT2D eigenvalue weighted by Crippen LogP contribution is 2.13. The number of halogens is 1. The number of hydrogen-bond acceptors (Lipinski definition) is 2. The van der Waals surface area contributed by atoms with Gasteiger partial charge in [0.1, 0.15) is 12.3 Å². The van der Waals surface area contributed by atoms with E-state index in [4.69, 9.17) is 4.74 Å². The molecular formula is C12H14FNO2. The molecule has 1 amide bonds. The lowest BCUT2D eigenvalue weighted by Crippen LogP contribution is -2.46. The lowest BCUT2D eigenvalue weighted by Gasteiger charge is -2.24. The van der Waals surface area contributed by atoms with Crippen molar-refractivity contribution in [3.05, 3.63) is 35.9 Å². The SMILES string of the molecule is O=C1NC[C@H](F)C[C@@H]1OCc1ccccc1. The van der Waals surface area contributed by atoms with Gasteiger partial charge in [-0.25, -0.2) is 4.39 Å². The Kier molecular flexibility index (Phi) is 3.51. The molecular weight excluding hydrogens is 209 g/mol. The third-order valence-electron chi connectivity index (χ3n) is 2.55. The minimum atomic E-state index is -1.00. The van der Waals surface area contributed by atoms with Crippen LogP contribution in [0.4, 0.5) is 4.39 Å². The number of hydrogen-bond donors (Lipinski definition) is 1. The minimum absolute atomic E-state index is 0.101. The van der Waals surface area contributed by atoms with Crippen molar-refractivity contribution >= 4 is 5.91 Å². The molecule has 0 aliphatic carbocycles. The largest absolute Gasteiger partial charge is 0.364 e. The van der Waals surface area contributed by atoms with Crippen LogP contribution < -0.4 is 5.32 Å². The van der Waals surface area contributed by atoms with E-state index in [9.17, 15) is 9.18 Å². The number of alkyl halides is 1. The van der Waals surface area contributed by atoms with Crippen molar-refractivity contribution in [3.8, 4) is 0 Å². The van der Waals surface area contributed by atoms with Crippen molar-refractivity contribution in [1.29, 1.82) is 0 Å². The van der Waals surface area contributed by atoms with Crippen LogP contribution >= 0.6 is 0 Å². The minimum Gasteiger partial charge on any atom is -0.364 e. The van der Waals surface area contributed by atoms with Crippen molar-refractivity contribution in [2.24, 2.45) is 0 Å². The topological polar surface area (TPSA) is 38.3 Å². The highest BCUT2D eigenvalue weighted by molar-refractivity contribution is 5.81. The van der Waals surface area contributed by atoms with Crippen molar-refractivity contribution in [3.63, 3.8) is 0 Å². The zero-order valence-corrected chi connectivity index (χ0v) is 8.86. The zero-order chi connectivity index (χ0) is 11.4. The van der Waals surface area contributed by atoms with Crippen LogP contribution in [0.25, 0.3) is 0 Å². The molecule has 1 heterocycles. The van der Waals surface area contributed by atoms with Gasteiger partial charge in [0.15, 0.2) is 0 Å². The van der Waals surface area contributed by atoms with Gasteiger partial charge in [-0.3, -0.25) is 4.79 Å². The Labute approximate surface area is 93.6 Å². The Morgan fingerprint density at radius 3 is 2.88 bits per heavy atom. The van der Waals surface area contributed by atoms with E-state index in [1.54, 1.807) is 0 Å². The molecule has 2 atom stereocenters. The summed E-state index contributed by atoms with van der Waals surface area (Å²) in [5.74, 6) is -0.218. The van der Waals surface area contributed by atoms with E-state index in [-0.39, 0.29) is 18.9 Å². The van der Waals surface area contributed by atoms with Crippen molar-refractivity contribution in [1.82, 2.24) is 5.32 Å². The van der Waals surface area contributed by atoms with Crippen LogP contribution in [0.15, 0.2) is 30.3 Å². The summed E-state index contributed by atoms with van der Waals surface area (Å²) in [6.45, 7) is 0.440. The summed E-state index contributed by atoms with van der Waals surface area (Å²) in [4.78, 5) is 11.4. The van der Waals surface area contributed by atoms with Crippen LogP contribution in [0.1, 0.15) is 12.0 Å². The summed E-state index contributed by atoms with van der Waals surface area (Å²) in [5, 5.41) is 2.48. The maximum absolute atomic E-state index is 13.0. The Balaban J connectivity index is 1.87. The molecule has 2 rings (SSSR count). The first-order valence-corrected chi connectivity index (χ1v) is 5.33. The number of nitrogens with one attached hydrogen (secondary N) is 1. The van der Waals surface area contributed by atoms with E-state index in [1.807, 2.05) is 30.3 Å². The van der Waals surface area contributed by atoms with Crippen LogP contribution in [0.3, 0.4) is 0 Å². The molecule has 16 heavy (non-hydrogen) atoms. The second-order valence-corrected chi connectivity index (χ2v) is 3.86. The molecule has 86 valence electrons. The van der Waals surface area contributed by atoms with Gasteiger partial charge in [0.25, 0.3) is 0 Å².